The first kappa shape index (κ1) is 10.3. The van der Waals surface area contributed by atoms with Crippen LogP contribution in [0.1, 0.15) is 27.7 Å². The molecule has 0 aliphatic rings. The van der Waals surface area contributed by atoms with Crippen molar-refractivity contribution in [2.75, 3.05) is 25.4 Å². The molecule has 0 radical (unpaired) electrons. The van der Waals surface area contributed by atoms with E-state index in [-0.39, 0.29) is 0 Å². The SMILES string of the molecule is CCS[N+](CC)(CC)CC. The fraction of sp³-hybridized carbons (Fsp3) is 1.00. The number of hydrogen-bond donors (Lipinski definition) is 0. The standard InChI is InChI=1S/C8H20NS/c1-5-9(6-2,7-3)10-8-4/h5-8H2,1-4H3/q+1. The summed E-state index contributed by atoms with van der Waals surface area (Å²) in [5.74, 6) is 1.23. The van der Waals surface area contributed by atoms with Crippen LogP contribution < -0.4 is 0 Å². The smallest absolute Gasteiger partial charge is 0.0863 e. The molecule has 0 aromatic rings. The summed E-state index contributed by atoms with van der Waals surface area (Å²) in [6, 6.07) is 0. The van der Waals surface area contributed by atoms with Crippen LogP contribution >= 0.6 is 11.9 Å². The molecule has 0 amide bonds. The van der Waals surface area contributed by atoms with E-state index in [0.717, 1.165) is 0 Å². The van der Waals surface area contributed by atoms with Crippen molar-refractivity contribution in [3.63, 3.8) is 0 Å². The maximum absolute atomic E-state index is 2.27. The van der Waals surface area contributed by atoms with Crippen molar-refractivity contribution in [1.29, 1.82) is 0 Å². The Morgan fingerprint density at radius 2 is 1.30 bits per heavy atom. The Labute approximate surface area is 69.5 Å². The summed E-state index contributed by atoms with van der Waals surface area (Å²) in [6.45, 7) is 12.8. The normalized spacial score (nSPS) is 12.0. The highest BCUT2D eigenvalue weighted by atomic mass is 32.2. The Morgan fingerprint density at radius 1 is 0.900 bits per heavy atom. The number of hydrogen-bond acceptors (Lipinski definition) is 1. The molecule has 0 atom stereocenters. The highest BCUT2D eigenvalue weighted by Crippen LogP contribution is 2.20. The molecule has 0 saturated carbocycles. The molecular weight excluding hydrogens is 142 g/mol. The molecule has 0 rings (SSSR count). The minimum absolute atomic E-state index is 1.22. The van der Waals surface area contributed by atoms with Crippen LogP contribution in [-0.2, 0) is 0 Å². The highest BCUT2D eigenvalue weighted by Gasteiger charge is 2.20. The second-order valence-electron chi connectivity index (χ2n) is 2.42. The van der Waals surface area contributed by atoms with Crippen LogP contribution in [-0.4, -0.2) is 29.3 Å². The van der Waals surface area contributed by atoms with Crippen molar-refractivity contribution < 1.29 is 3.89 Å². The number of rotatable bonds is 5. The Hall–Kier alpha value is 0.310. The lowest BCUT2D eigenvalue weighted by molar-refractivity contribution is -0.789. The van der Waals surface area contributed by atoms with Crippen molar-refractivity contribution in [3.8, 4) is 0 Å². The molecule has 0 N–H and O–H groups in total. The summed E-state index contributed by atoms with van der Waals surface area (Å²) in [5.41, 5.74) is 0. The topological polar surface area (TPSA) is 0 Å². The van der Waals surface area contributed by atoms with Crippen molar-refractivity contribution in [1.82, 2.24) is 0 Å². The average Bonchev–Trinajstić information content (AvgIpc) is 2.01. The maximum atomic E-state index is 2.27. The van der Waals surface area contributed by atoms with Crippen molar-refractivity contribution in [2.45, 2.75) is 27.7 Å². The third kappa shape index (κ3) is 2.51. The van der Waals surface area contributed by atoms with E-state index in [4.69, 9.17) is 0 Å². The molecule has 10 heavy (non-hydrogen) atoms. The molecule has 62 valence electrons. The van der Waals surface area contributed by atoms with Gasteiger partial charge in [0, 0.05) is 5.75 Å². The molecule has 2 heteroatoms. The summed E-state index contributed by atoms with van der Waals surface area (Å²) in [6.07, 6.45) is 0. The van der Waals surface area contributed by atoms with Crippen molar-refractivity contribution in [3.05, 3.63) is 0 Å². The van der Waals surface area contributed by atoms with Crippen molar-refractivity contribution >= 4 is 11.9 Å². The summed E-state index contributed by atoms with van der Waals surface area (Å²) in [5, 5.41) is 0. The summed E-state index contributed by atoms with van der Waals surface area (Å²) >= 11 is 2.06. The van der Waals surface area contributed by atoms with Crippen LogP contribution in [0.5, 0.6) is 0 Å². The van der Waals surface area contributed by atoms with E-state index in [1.165, 1.54) is 29.3 Å². The van der Waals surface area contributed by atoms with Crippen molar-refractivity contribution in [2.24, 2.45) is 0 Å². The number of quaternary nitrogens is 1. The number of nitrogens with zero attached hydrogens (tertiary/aromatic N) is 1. The molecule has 0 unspecified atom stereocenters. The summed E-state index contributed by atoms with van der Waals surface area (Å²) < 4.78 is 1.22. The van der Waals surface area contributed by atoms with E-state index in [0.29, 0.717) is 0 Å². The molecule has 0 bridgehead atoms. The lowest BCUT2D eigenvalue weighted by Crippen LogP contribution is -2.40. The van der Waals surface area contributed by atoms with Crippen LogP contribution in [0.4, 0.5) is 0 Å². The lowest BCUT2D eigenvalue weighted by Gasteiger charge is -2.32. The van der Waals surface area contributed by atoms with Gasteiger partial charge in [-0.2, -0.15) is 0 Å². The maximum Gasteiger partial charge on any atom is 0.0863 e. The molecule has 1 nitrogen and oxygen atoms in total. The third-order valence-corrected chi connectivity index (χ3v) is 3.71. The first-order valence-corrected chi connectivity index (χ1v) is 5.19. The van der Waals surface area contributed by atoms with E-state index >= 15 is 0 Å². The first-order chi connectivity index (χ1) is 4.74. The van der Waals surface area contributed by atoms with Gasteiger partial charge in [-0.1, -0.05) is 6.92 Å². The van der Waals surface area contributed by atoms with Gasteiger partial charge in [-0.05, 0) is 20.8 Å². The van der Waals surface area contributed by atoms with Gasteiger partial charge in [0.15, 0.2) is 0 Å². The molecule has 0 aromatic heterocycles. The van der Waals surface area contributed by atoms with Crippen LogP contribution in [0.25, 0.3) is 0 Å². The quantitative estimate of drug-likeness (QED) is 0.442. The van der Waals surface area contributed by atoms with Crippen LogP contribution in [0.2, 0.25) is 0 Å². The second-order valence-corrected chi connectivity index (χ2v) is 4.03. The summed E-state index contributed by atoms with van der Waals surface area (Å²) in [4.78, 5) is 0. The Morgan fingerprint density at radius 3 is 1.40 bits per heavy atom. The fourth-order valence-electron chi connectivity index (χ4n) is 1.22. The van der Waals surface area contributed by atoms with Gasteiger partial charge in [0.1, 0.15) is 0 Å². The Kier molecular flexibility index (Phi) is 5.18. The van der Waals surface area contributed by atoms with Gasteiger partial charge in [-0.15, -0.1) is 0 Å². The zero-order chi connectivity index (χ0) is 8.04. The second kappa shape index (κ2) is 5.03. The van der Waals surface area contributed by atoms with Gasteiger partial charge >= 0.3 is 0 Å². The van der Waals surface area contributed by atoms with E-state index in [9.17, 15) is 0 Å². The predicted molar refractivity (Wildman–Crippen MR) is 50.0 cm³/mol. The average molecular weight is 162 g/mol. The minimum atomic E-state index is 1.22. The van der Waals surface area contributed by atoms with E-state index in [2.05, 4.69) is 39.6 Å². The highest BCUT2D eigenvalue weighted by molar-refractivity contribution is 7.93. The van der Waals surface area contributed by atoms with E-state index < -0.39 is 0 Å². The Bertz CT molecular complexity index is 71.1. The van der Waals surface area contributed by atoms with E-state index in [1.54, 1.807) is 0 Å². The van der Waals surface area contributed by atoms with Gasteiger partial charge in [-0.3, -0.25) is 3.89 Å². The van der Waals surface area contributed by atoms with Gasteiger partial charge < -0.3 is 0 Å². The van der Waals surface area contributed by atoms with Crippen LogP contribution in [0.3, 0.4) is 0 Å². The van der Waals surface area contributed by atoms with Gasteiger partial charge in [0.05, 0.1) is 31.6 Å². The first-order valence-electron chi connectivity index (χ1n) is 4.25. The van der Waals surface area contributed by atoms with Gasteiger partial charge in [0.25, 0.3) is 0 Å². The van der Waals surface area contributed by atoms with E-state index in [1.807, 2.05) is 0 Å². The summed E-state index contributed by atoms with van der Waals surface area (Å²) in [7, 11) is 0. The zero-order valence-corrected chi connectivity index (χ0v) is 8.50. The van der Waals surface area contributed by atoms with Crippen LogP contribution in [0, 0.1) is 0 Å². The zero-order valence-electron chi connectivity index (χ0n) is 7.68. The monoisotopic (exact) mass is 162 g/mol. The predicted octanol–water partition coefficient (Wildman–Crippen LogP) is 2.53. The lowest BCUT2D eigenvalue weighted by atomic mass is 10.5. The minimum Gasteiger partial charge on any atom is -0.262 e. The Balaban J connectivity index is 3.87. The molecule has 0 heterocycles. The molecule has 0 aliphatic heterocycles. The molecule has 0 fully saturated rings. The van der Waals surface area contributed by atoms with Gasteiger partial charge in [-0.25, -0.2) is 0 Å². The van der Waals surface area contributed by atoms with Gasteiger partial charge in [0.2, 0.25) is 0 Å². The third-order valence-electron chi connectivity index (χ3n) is 2.13. The fourth-order valence-corrected chi connectivity index (χ4v) is 2.31. The molecule has 0 saturated heterocycles. The van der Waals surface area contributed by atoms with Crippen LogP contribution in [0.15, 0.2) is 0 Å². The largest absolute Gasteiger partial charge is 0.262 e. The molecule has 0 aromatic carbocycles. The molecular formula is C8H20NS+. The molecule has 0 aliphatic carbocycles. The molecule has 0 spiro atoms.